The molecule has 118 valence electrons. The lowest BCUT2D eigenvalue weighted by Gasteiger charge is -2.12. The smallest absolute Gasteiger partial charge is 0.387 e. The summed E-state index contributed by atoms with van der Waals surface area (Å²) in [5.74, 6) is -1.27. The number of benzene rings is 1. The lowest BCUT2D eigenvalue weighted by atomic mass is 10.1. The van der Waals surface area contributed by atoms with Crippen LogP contribution in [0.3, 0.4) is 0 Å². The topological polar surface area (TPSA) is 94.4 Å². The third-order valence-electron chi connectivity index (χ3n) is 2.65. The Bertz CT molecular complexity index is 619. The Hall–Kier alpha value is -2.52. The maximum absolute atomic E-state index is 12.1. The SMILES string of the molecule is O=C1/C(=C/c2ccc(OC(F)F)c(O)c2)N=CN1NCCO. The van der Waals surface area contributed by atoms with E-state index in [1.54, 1.807) is 0 Å². The summed E-state index contributed by atoms with van der Waals surface area (Å²) in [5, 5.41) is 19.4. The molecule has 0 bridgehead atoms. The maximum atomic E-state index is 12.1. The second-order valence-electron chi connectivity index (χ2n) is 4.19. The van der Waals surface area contributed by atoms with Crippen LogP contribution < -0.4 is 10.2 Å². The number of nitrogens with one attached hydrogen (secondary N) is 1. The molecule has 1 aliphatic heterocycles. The van der Waals surface area contributed by atoms with E-state index in [-0.39, 0.29) is 24.6 Å². The van der Waals surface area contributed by atoms with Crippen LogP contribution in [0.4, 0.5) is 8.78 Å². The molecule has 0 saturated carbocycles. The Morgan fingerprint density at radius 1 is 1.45 bits per heavy atom. The number of carbonyl (C=O) groups is 1. The number of hydrogen-bond acceptors (Lipinski definition) is 6. The number of phenols is 1. The van der Waals surface area contributed by atoms with Gasteiger partial charge in [-0.3, -0.25) is 4.79 Å². The normalized spacial score (nSPS) is 16.1. The average molecular weight is 313 g/mol. The van der Waals surface area contributed by atoms with Gasteiger partial charge in [-0.15, -0.1) is 0 Å². The second kappa shape index (κ2) is 6.96. The number of hydrogen-bond donors (Lipinski definition) is 3. The van der Waals surface area contributed by atoms with Crippen molar-refractivity contribution in [2.24, 2.45) is 4.99 Å². The van der Waals surface area contributed by atoms with Crippen molar-refractivity contribution >= 4 is 18.3 Å². The van der Waals surface area contributed by atoms with Crippen molar-refractivity contribution < 1.29 is 28.5 Å². The average Bonchev–Trinajstić information content (AvgIpc) is 2.80. The van der Waals surface area contributed by atoms with E-state index in [1.165, 1.54) is 30.6 Å². The number of ether oxygens (including phenoxy) is 1. The van der Waals surface area contributed by atoms with E-state index in [0.717, 1.165) is 5.01 Å². The van der Waals surface area contributed by atoms with Gasteiger partial charge >= 0.3 is 6.61 Å². The van der Waals surface area contributed by atoms with Crippen LogP contribution >= 0.6 is 0 Å². The third-order valence-corrected chi connectivity index (χ3v) is 2.65. The molecule has 0 fully saturated rings. The summed E-state index contributed by atoms with van der Waals surface area (Å²) in [6, 6.07) is 3.74. The van der Waals surface area contributed by atoms with Crippen LogP contribution in [-0.4, -0.2) is 47.2 Å². The minimum Gasteiger partial charge on any atom is -0.504 e. The number of alkyl halides is 2. The van der Waals surface area contributed by atoms with Gasteiger partial charge in [0.1, 0.15) is 12.0 Å². The highest BCUT2D eigenvalue weighted by Gasteiger charge is 2.22. The fraction of sp³-hybridized carbons (Fsp3) is 0.231. The van der Waals surface area contributed by atoms with Gasteiger partial charge in [0, 0.05) is 6.54 Å². The van der Waals surface area contributed by atoms with Gasteiger partial charge in [-0.25, -0.2) is 15.4 Å². The molecule has 0 unspecified atom stereocenters. The van der Waals surface area contributed by atoms with Crippen molar-refractivity contribution in [3.05, 3.63) is 29.5 Å². The number of hydrazine groups is 1. The highest BCUT2D eigenvalue weighted by molar-refractivity contribution is 6.07. The first-order chi connectivity index (χ1) is 10.5. The predicted octanol–water partition coefficient (Wildman–Crippen LogP) is 0.702. The van der Waals surface area contributed by atoms with Crippen molar-refractivity contribution in [1.82, 2.24) is 10.4 Å². The number of phenolic OH excluding ortho intramolecular Hbond substituents is 1. The van der Waals surface area contributed by atoms with Gasteiger partial charge in [0.15, 0.2) is 11.5 Å². The summed E-state index contributed by atoms with van der Waals surface area (Å²) < 4.78 is 28.3. The van der Waals surface area contributed by atoms with Gasteiger partial charge in [-0.1, -0.05) is 6.07 Å². The zero-order valence-electron chi connectivity index (χ0n) is 11.2. The Morgan fingerprint density at radius 3 is 2.86 bits per heavy atom. The van der Waals surface area contributed by atoms with Gasteiger partial charge in [-0.05, 0) is 23.8 Å². The first-order valence-corrected chi connectivity index (χ1v) is 6.23. The molecule has 1 aromatic carbocycles. The maximum Gasteiger partial charge on any atom is 0.387 e. The lowest BCUT2D eigenvalue weighted by molar-refractivity contribution is -0.124. The number of aliphatic hydroxyl groups is 1. The number of carbonyl (C=O) groups excluding carboxylic acids is 1. The van der Waals surface area contributed by atoms with Crippen molar-refractivity contribution in [3.8, 4) is 11.5 Å². The van der Waals surface area contributed by atoms with Crippen molar-refractivity contribution in [2.75, 3.05) is 13.2 Å². The molecule has 0 saturated heterocycles. The Balaban J connectivity index is 2.12. The van der Waals surface area contributed by atoms with E-state index in [0.29, 0.717) is 5.56 Å². The number of aliphatic hydroxyl groups excluding tert-OH is 1. The van der Waals surface area contributed by atoms with E-state index in [9.17, 15) is 18.7 Å². The first-order valence-electron chi connectivity index (χ1n) is 6.23. The highest BCUT2D eigenvalue weighted by atomic mass is 19.3. The van der Waals surface area contributed by atoms with Crippen LogP contribution in [0, 0.1) is 0 Å². The molecule has 22 heavy (non-hydrogen) atoms. The monoisotopic (exact) mass is 313 g/mol. The number of rotatable bonds is 6. The number of amides is 1. The summed E-state index contributed by atoms with van der Waals surface area (Å²) in [6.07, 6.45) is 2.63. The standard InChI is InChI=1S/C13H13F2N3O4/c14-13(15)22-11-2-1-8(6-10(11)20)5-9-12(21)18(7-16-9)17-3-4-19/h1-2,5-7,13,17,19-20H,3-4H2/b9-5-. The molecule has 0 aliphatic carbocycles. The summed E-state index contributed by atoms with van der Waals surface area (Å²) in [7, 11) is 0. The Kier molecular flexibility index (Phi) is 5.02. The van der Waals surface area contributed by atoms with Crippen LogP contribution in [0.1, 0.15) is 5.56 Å². The molecule has 0 aromatic heterocycles. The molecule has 7 nitrogen and oxygen atoms in total. The van der Waals surface area contributed by atoms with Crippen LogP contribution in [0.2, 0.25) is 0 Å². The molecule has 2 rings (SSSR count). The molecule has 9 heteroatoms. The summed E-state index contributed by atoms with van der Waals surface area (Å²) >= 11 is 0. The zero-order valence-corrected chi connectivity index (χ0v) is 11.2. The molecular weight excluding hydrogens is 300 g/mol. The summed E-state index contributed by atoms with van der Waals surface area (Å²) in [6.45, 7) is -3.00. The molecule has 0 spiro atoms. The van der Waals surface area contributed by atoms with Gasteiger partial charge in [0.25, 0.3) is 5.91 Å². The molecule has 0 radical (unpaired) electrons. The third kappa shape index (κ3) is 3.77. The quantitative estimate of drug-likeness (QED) is 0.672. The minimum atomic E-state index is -3.04. The van der Waals surface area contributed by atoms with E-state index < -0.39 is 18.3 Å². The number of aliphatic imine (C=N–C) groups is 1. The molecule has 1 heterocycles. The molecule has 1 amide bonds. The van der Waals surface area contributed by atoms with Crippen LogP contribution in [0.25, 0.3) is 6.08 Å². The number of halogens is 2. The fourth-order valence-electron chi connectivity index (χ4n) is 1.71. The molecular formula is C13H13F2N3O4. The van der Waals surface area contributed by atoms with E-state index in [4.69, 9.17) is 5.11 Å². The van der Waals surface area contributed by atoms with Gasteiger partial charge in [-0.2, -0.15) is 8.78 Å². The predicted molar refractivity (Wildman–Crippen MR) is 73.1 cm³/mol. The number of nitrogens with zero attached hydrogens (tertiary/aromatic N) is 2. The van der Waals surface area contributed by atoms with Crippen LogP contribution in [0.15, 0.2) is 28.9 Å². The van der Waals surface area contributed by atoms with Gasteiger partial charge in [0.2, 0.25) is 0 Å². The molecule has 1 aliphatic rings. The Labute approximate surface area is 124 Å². The largest absolute Gasteiger partial charge is 0.504 e. The van der Waals surface area contributed by atoms with Crippen LogP contribution in [-0.2, 0) is 4.79 Å². The Morgan fingerprint density at radius 2 is 2.23 bits per heavy atom. The molecule has 3 N–H and O–H groups in total. The lowest BCUT2D eigenvalue weighted by Crippen LogP contribution is -2.40. The first kappa shape index (κ1) is 15.9. The van der Waals surface area contributed by atoms with E-state index in [1.807, 2.05) is 0 Å². The van der Waals surface area contributed by atoms with Crippen molar-refractivity contribution in [3.63, 3.8) is 0 Å². The van der Waals surface area contributed by atoms with Gasteiger partial charge < -0.3 is 14.9 Å². The number of aromatic hydroxyl groups is 1. The van der Waals surface area contributed by atoms with Crippen molar-refractivity contribution in [1.29, 1.82) is 0 Å². The van der Waals surface area contributed by atoms with Crippen molar-refractivity contribution in [2.45, 2.75) is 6.61 Å². The van der Waals surface area contributed by atoms with Crippen LogP contribution in [0.5, 0.6) is 11.5 Å². The fourth-order valence-corrected chi connectivity index (χ4v) is 1.71. The summed E-state index contributed by atoms with van der Waals surface area (Å²) in [5.41, 5.74) is 3.11. The molecule has 0 atom stereocenters. The minimum absolute atomic E-state index is 0.0902. The summed E-state index contributed by atoms with van der Waals surface area (Å²) in [4.78, 5) is 15.8. The highest BCUT2D eigenvalue weighted by Crippen LogP contribution is 2.29. The van der Waals surface area contributed by atoms with E-state index in [2.05, 4.69) is 15.2 Å². The molecule has 1 aromatic rings. The van der Waals surface area contributed by atoms with Gasteiger partial charge in [0.05, 0.1) is 6.61 Å². The second-order valence-corrected chi connectivity index (χ2v) is 4.19. The zero-order chi connectivity index (χ0) is 16.1. The van der Waals surface area contributed by atoms with E-state index >= 15 is 0 Å².